The molecule has 10 nitrogen and oxygen atoms in total. The van der Waals surface area contributed by atoms with E-state index in [9.17, 15) is 26.7 Å². The first kappa shape index (κ1) is 34.2. The van der Waals surface area contributed by atoms with Crippen molar-refractivity contribution in [2.45, 2.75) is 68.8 Å². The Labute approximate surface area is 283 Å². The molecule has 2 aliphatic carbocycles. The van der Waals surface area contributed by atoms with Crippen molar-refractivity contribution in [1.82, 2.24) is 9.03 Å². The molecule has 256 valence electrons. The molecular weight excluding hydrogens is 662 g/mol. The van der Waals surface area contributed by atoms with Crippen molar-refractivity contribution in [3.8, 4) is 5.75 Å². The largest absolute Gasteiger partial charge is 0.487 e. The molecule has 0 unspecified atom stereocenters. The van der Waals surface area contributed by atoms with E-state index in [4.69, 9.17) is 16.3 Å². The maximum atomic E-state index is 13.5. The van der Waals surface area contributed by atoms with E-state index in [1.807, 2.05) is 18.2 Å². The molecule has 0 spiro atoms. The Kier molecular flexibility index (Phi) is 9.23. The van der Waals surface area contributed by atoms with E-state index >= 15 is 0 Å². The van der Waals surface area contributed by atoms with Crippen molar-refractivity contribution < 1.29 is 31.5 Å². The summed E-state index contributed by atoms with van der Waals surface area (Å²) in [6, 6.07) is 10.8. The number of rotatable bonds is 3. The third-order valence-corrected chi connectivity index (χ3v) is 15.1. The van der Waals surface area contributed by atoms with E-state index < -0.39 is 42.1 Å². The van der Waals surface area contributed by atoms with Gasteiger partial charge in [0.2, 0.25) is 20.0 Å². The molecule has 2 aromatic carbocycles. The van der Waals surface area contributed by atoms with E-state index in [1.54, 1.807) is 37.3 Å². The number of carbonyl (C=O) groups is 1. The number of ether oxygens (including phenoxy) is 1. The highest BCUT2D eigenvalue weighted by molar-refractivity contribution is 7.91. The second-order valence-corrected chi connectivity index (χ2v) is 18.8. The number of carbonyl (C=O) groups excluding carboxylic acids is 1. The minimum Gasteiger partial charge on any atom is -0.487 e. The van der Waals surface area contributed by atoms with Gasteiger partial charge in [-0.2, -0.15) is 0 Å². The van der Waals surface area contributed by atoms with Crippen molar-refractivity contribution in [3.05, 3.63) is 70.3 Å². The average molecular weight is 706 g/mol. The summed E-state index contributed by atoms with van der Waals surface area (Å²) < 4.78 is 62.0. The first-order valence-corrected chi connectivity index (χ1v) is 19.7. The van der Waals surface area contributed by atoms with Gasteiger partial charge in [-0.25, -0.2) is 25.9 Å². The molecule has 0 aromatic heterocycles. The summed E-state index contributed by atoms with van der Waals surface area (Å²) in [6.07, 6.45) is 7.95. The number of nitrogens with zero attached hydrogens (tertiary/aromatic N) is 2. The Morgan fingerprint density at radius 1 is 1.13 bits per heavy atom. The molecule has 1 amide bonds. The molecule has 47 heavy (non-hydrogen) atoms. The fraction of sp³-hybridized carbons (Fsp3) is 0.559. The smallest absolute Gasteiger partial charge is 0.264 e. The predicted molar refractivity (Wildman–Crippen MR) is 183 cm³/mol. The average Bonchev–Trinajstić information content (AvgIpc) is 3.66. The molecule has 2 fully saturated rings. The Morgan fingerprint density at radius 2 is 1.91 bits per heavy atom. The molecule has 2 aliphatic heterocycles. The van der Waals surface area contributed by atoms with Crippen molar-refractivity contribution >= 4 is 43.2 Å². The molecule has 2 heterocycles. The number of aryl methyl sites for hydroxylation is 1. The van der Waals surface area contributed by atoms with Crippen LogP contribution in [-0.4, -0.2) is 75.4 Å². The van der Waals surface area contributed by atoms with Crippen LogP contribution in [0.5, 0.6) is 5.75 Å². The number of nitrogens with one attached hydrogen (secondary N) is 1. The van der Waals surface area contributed by atoms with Gasteiger partial charge < -0.3 is 14.7 Å². The van der Waals surface area contributed by atoms with Gasteiger partial charge in [0.15, 0.2) is 0 Å². The Balaban J connectivity index is 1.42. The second kappa shape index (κ2) is 12.7. The van der Waals surface area contributed by atoms with Crippen molar-refractivity contribution in [3.63, 3.8) is 0 Å². The van der Waals surface area contributed by atoms with E-state index in [-0.39, 0.29) is 29.9 Å². The minimum absolute atomic E-state index is 0.0343. The van der Waals surface area contributed by atoms with Crippen LogP contribution in [0.1, 0.15) is 66.9 Å². The third kappa shape index (κ3) is 6.81. The second-order valence-electron chi connectivity index (χ2n) is 14.0. The number of sulfonamides is 2. The molecule has 2 bridgehead atoms. The molecule has 0 radical (unpaired) electrons. The van der Waals surface area contributed by atoms with Gasteiger partial charge in [-0.15, -0.1) is 0 Å². The lowest BCUT2D eigenvalue weighted by Crippen LogP contribution is -2.54. The van der Waals surface area contributed by atoms with Gasteiger partial charge in [-0.3, -0.25) is 4.79 Å². The predicted octanol–water partition coefficient (Wildman–Crippen LogP) is 4.51. The van der Waals surface area contributed by atoms with Crippen LogP contribution in [0.2, 0.25) is 5.02 Å². The first-order chi connectivity index (χ1) is 22.1. The van der Waals surface area contributed by atoms with E-state index in [2.05, 4.69) is 9.62 Å². The number of aliphatic hydroxyl groups is 1. The number of hydrogen-bond acceptors (Lipinski definition) is 8. The van der Waals surface area contributed by atoms with Gasteiger partial charge >= 0.3 is 0 Å². The lowest BCUT2D eigenvalue weighted by Gasteiger charge is -2.48. The SMILES string of the molecule is CN(C)S(=O)(=O)C[C@@]1(O)/C=C/C[C@@H]2C[C@@]2(C)S(=O)(=O)NC(=O)c2ccc3c(c2)N(CCCCc2cc(Cl)ccc2CO3)C[C@@H]2CC[C@H]21. The summed E-state index contributed by atoms with van der Waals surface area (Å²) in [4.78, 5) is 15.6. The maximum Gasteiger partial charge on any atom is 0.264 e. The maximum absolute atomic E-state index is 13.5. The zero-order valence-electron chi connectivity index (χ0n) is 27.1. The monoisotopic (exact) mass is 705 g/mol. The van der Waals surface area contributed by atoms with Crippen LogP contribution in [0.25, 0.3) is 0 Å². The standard InChI is InChI=1S/C34H44ClN3O7S2/c1-33-19-27(33)8-6-15-34(40,22-46(41,42)37(2)3)29-13-10-25(29)20-38-16-5-4-7-23-17-28(35)12-9-26(23)21-45-31-14-11-24(18-30(31)38)32(39)36-47(33,43)44/h6,9,11-12,14-15,17-18,25,27,29,40H,4-5,7-8,10,13,16,19-22H2,1-3H3,(H,36,39)/b15-6+/t25-,27+,29+,33+,34-/m0/s1. The number of hydrogen-bond donors (Lipinski definition) is 2. The molecule has 0 saturated heterocycles. The van der Waals surface area contributed by atoms with Crippen LogP contribution in [0.15, 0.2) is 48.6 Å². The van der Waals surface area contributed by atoms with Crippen LogP contribution in [0.3, 0.4) is 0 Å². The van der Waals surface area contributed by atoms with Crippen molar-refractivity contribution in [2.24, 2.45) is 17.8 Å². The van der Waals surface area contributed by atoms with Crippen LogP contribution >= 0.6 is 11.6 Å². The van der Waals surface area contributed by atoms with Crippen LogP contribution < -0.4 is 14.4 Å². The highest BCUT2D eigenvalue weighted by Gasteiger charge is 2.60. The normalized spacial score (nSPS) is 31.5. The molecular formula is C34H44ClN3O7S2. The number of benzene rings is 2. The Morgan fingerprint density at radius 3 is 2.64 bits per heavy atom. The van der Waals surface area contributed by atoms with E-state index in [0.717, 1.165) is 41.1 Å². The van der Waals surface area contributed by atoms with Crippen LogP contribution in [-0.2, 0) is 33.1 Å². The summed E-state index contributed by atoms with van der Waals surface area (Å²) >= 11 is 6.32. The van der Waals surface area contributed by atoms with Crippen LogP contribution in [0, 0.1) is 17.8 Å². The zero-order valence-corrected chi connectivity index (χ0v) is 29.5. The van der Waals surface area contributed by atoms with Crippen molar-refractivity contribution in [1.29, 1.82) is 0 Å². The summed E-state index contributed by atoms with van der Waals surface area (Å²) in [5, 5.41) is 12.8. The fourth-order valence-electron chi connectivity index (χ4n) is 7.33. The van der Waals surface area contributed by atoms with Gasteiger partial charge in [-0.05, 0) is 111 Å². The van der Waals surface area contributed by atoms with Crippen LogP contribution in [0.4, 0.5) is 5.69 Å². The van der Waals surface area contributed by atoms with Gasteiger partial charge in [-0.1, -0.05) is 29.8 Å². The fourth-order valence-corrected chi connectivity index (χ4v) is 10.2. The van der Waals surface area contributed by atoms with Gasteiger partial charge in [0.1, 0.15) is 18.0 Å². The first-order valence-electron chi connectivity index (χ1n) is 16.3. The lowest BCUT2D eigenvalue weighted by atomic mass is 9.65. The molecule has 2 aromatic rings. The minimum atomic E-state index is -4.04. The third-order valence-electron chi connectivity index (χ3n) is 10.7. The number of anilines is 1. The number of halogens is 1. The summed E-state index contributed by atoms with van der Waals surface area (Å²) in [6.45, 7) is 3.02. The molecule has 5 atom stereocenters. The van der Waals surface area contributed by atoms with Gasteiger partial charge in [0.25, 0.3) is 5.91 Å². The highest BCUT2D eigenvalue weighted by atomic mass is 35.5. The molecule has 2 N–H and O–H groups in total. The van der Waals surface area contributed by atoms with Gasteiger partial charge in [0, 0.05) is 37.8 Å². The summed E-state index contributed by atoms with van der Waals surface area (Å²) in [5.41, 5.74) is 1.35. The van der Waals surface area contributed by atoms with E-state index in [1.165, 1.54) is 14.1 Å². The number of fused-ring (bicyclic) bond motifs is 4. The highest BCUT2D eigenvalue weighted by Crippen LogP contribution is 2.52. The molecule has 4 aliphatic rings. The summed E-state index contributed by atoms with van der Waals surface area (Å²) in [7, 11) is -4.90. The zero-order chi connectivity index (χ0) is 33.8. The number of allylic oxidation sites excluding steroid dienone is 1. The molecule has 2 saturated carbocycles. The number of amides is 1. The quantitative estimate of drug-likeness (QED) is 0.446. The Bertz CT molecular complexity index is 1800. The molecule has 13 heteroatoms. The lowest BCUT2D eigenvalue weighted by molar-refractivity contribution is -0.0292. The Hall–Kier alpha value is -2.64. The topological polar surface area (TPSA) is 133 Å². The van der Waals surface area contributed by atoms with E-state index in [0.29, 0.717) is 48.8 Å². The summed E-state index contributed by atoms with van der Waals surface area (Å²) in [5.74, 6) is -1.27. The van der Waals surface area contributed by atoms with Crippen molar-refractivity contribution in [2.75, 3.05) is 37.8 Å². The molecule has 6 rings (SSSR count). The van der Waals surface area contributed by atoms with Gasteiger partial charge in [0.05, 0.1) is 16.2 Å².